The second-order valence-corrected chi connectivity index (χ2v) is 15.3. The third-order valence-electron chi connectivity index (χ3n) is 7.53. The van der Waals surface area contributed by atoms with Crippen LogP contribution in [-0.2, 0) is 17.3 Å². The minimum atomic E-state index is -1.17. The number of aliphatic imine (C=N–C) groups is 2. The molecular weight excluding hydrogens is 707 g/mol. The van der Waals surface area contributed by atoms with Crippen molar-refractivity contribution in [2.45, 2.75) is 0 Å². The zero-order valence-corrected chi connectivity index (χ0v) is 30.0. The first-order chi connectivity index (χ1) is 22.9. The van der Waals surface area contributed by atoms with Gasteiger partial charge in [0, 0.05) is 23.6 Å². The van der Waals surface area contributed by atoms with Crippen molar-refractivity contribution in [3.8, 4) is 0 Å². The monoisotopic (exact) mass is 744 g/mol. The van der Waals surface area contributed by atoms with Crippen molar-refractivity contribution in [1.82, 2.24) is 0 Å². The summed E-state index contributed by atoms with van der Waals surface area (Å²) in [6.07, 6.45) is 4.09. The molecule has 0 aliphatic carbocycles. The first-order valence-electron chi connectivity index (χ1n) is 15.2. The van der Waals surface area contributed by atoms with Crippen LogP contribution in [0.25, 0.3) is 0 Å². The summed E-state index contributed by atoms with van der Waals surface area (Å²) >= 11 is 1.62. The van der Waals surface area contributed by atoms with Crippen LogP contribution >= 0.6 is 25.5 Å². The Hall–Kier alpha value is -3.57. The first-order valence-corrected chi connectivity index (χ1v) is 20.6. The van der Waals surface area contributed by atoms with Gasteiger partial charge in [0.2, 0.25) is 0 Å². The van der Waals surface area contributed by atoms with E-state index in [0.29, 0.717) is 13.1 Å². The first kappa shape index (κ1) is 33.8. The molecule has 0 bridgehead atoms. The summed E-state index contributed by atoms with van der Waals surface area (Å²) in [5.41, 5.74) is 2.36. The summed E-state index contributed by atoms with van der Waals surface area (Å²) in [6.45, 7) is 1.28. The third kappa shape index (κ3) is 9.03. The zero-order valence-electron chi connectivity index (χ0n) is 25.4. The molecule has 230 valence electrons. The van der Waals surface area contributed by atoms with E-state index >= 15 is 0 Å². The van der Waals surface area contributed by atoms with Crippen molar-refractivity contribution in [3.05, 3.63) is 181 Å². The Labute approximate surface area is 289 Å². The summed E-state index contributed by atoms with van der Waals surface area (Å²) in [5, 5.41) is 8.21. The van der Waals surface area contributed by atoms with Gasteiger partial charge in [-0.1, -0.05) is 97.1 Å². The van der Waals surface area contributed by atoms with Gasteiger partial charge in [-0.3, -0.25) is 9.98 Å². The zero-order chi connectivity index (χ0) is 31.8. The standard InChI is InChI=1S/C40H34N2P2.ClH.Ru.H/c1-5-19-35(20-6-1)43(36-21-7-2-8-22-36)39-27-15-13-17-33(39)31-41-29-30-42-32-34-18-14-16-28-40(34)44(37-23-9-3-10-24-37)38-25-11-4-12-26-38;;;/h1-28,31-32H,29-30H2;1H;;/q;;+1;/p+1. The molecule has 0 aliphatic heterocycles. The van der Waals surface area contributed by atoms with Crippen molar-refractivity contribution in [2.24, 2.45) is 9.98 Å². The molecule has 0 saturated heterocycles. The van der Waals surface area contributed by atoms with E-state index in [-0.39, 0.29) is 0 Å². The molecule has 46 heavy (non-hydrogen) atoms. The van der Waals surface area contributed by atoms with Gasteiger partial charge in [0.15, 0.2) is 0 Å². The number of hydrogen-bond acceptors (Lipinski definition) is 2. The van der Waals surface area contributed by atoms with Crippen LogP contribution < -0.4 is 31.8 Å². The van der Waals surface area contributed by atoms with Crippen molar-refractivity contribution >= 4 is 69.8 Å². The van der Waals surface area contributed by atoms with E-state index < -0.39 is 15.8 Å². The van der Waals surface area contributed by atoms with Gasteiger partial charge in [0.1, 0.15) is 31.8 Å². The normalized spacial score (nSPS) is 11.2. The fourth-order valence-electron chi connectivity index (χ4n) is 5.49. The maximum atomic E-state index is 4.84. The second-order valence-electron chi connectivity index (χ2n) is 10.5. The van der Waals surface area contributed by atoms with Gasteiger partial charge in [-0.15, -0.1) is 0 Å². The quantitative estimate of drug-likeness (QED) is 0.0617. The van der Waals surface area contributed by atoms with E-state index in [1.165, 1.54) is 43.0 Å². The van der Waals surface area contributed by atoms with E-state index in [0.717, 1.165) is 0 Å². The van der Waals surface area contributed by atoms with Gasteiger partial charge in [0.05, 0.1) is 28.9 Å². The molecule has 2 nitrogen and oxygen atoms in total. The Kier molecular flexibility index (Phi) is 13.6. The molecule has 0 atom stereocenters. The van der Waals surface area contributed by atoms with Gasteiger partial charge < -0.3 is 0 Å². The fraction of sp³-hybridized carbons (Fsp3) is 0.0500. The molecule has 0 aliphatic rings. The number of hydrogen-bond donors (Lipinski definition) is 0. The molecule has 0 amide bonds. The molecule has 0 saturated carbocycles. The van der Waals surface area contributed by atoms with E-state index in [2.05, 4.69) is 180 Å². The summed E-state index contributed by atoms with van der Waals surface area (Å²) in [7, 11) is 2.28. The Bertz CT molecular complexity index is 1600. The maximum absolute atomic E-state index is 4.84. The predicted molar refractivity (Wildman–Crippen MR) is 205 cm³/mol. The second kappa shape index (κ2) is 18.5. The minimum absolute atomic E-state index is 0.640. The SMILES string of the molecule is C(=NCCN=Cc1ccccc1[PH+](c1ccccc1)c1ccccc1)c1ccccc1[PH+](c1ccccc1)c1ccccc1.[Cl][RuH]. The average Bonchev–Trinajstić information content (AvgIpc) is 3.14. The number of halogens is 1. The molecule has 0 unspecified atom stereocenters. The molecular formula is C40H37ClN2P2Ru+2. The number of nitrogens with zero attached hydrogens (tertiary/aromatic N) is 2. The van der Waals surface area contributed by atoms with Crippen molar-refractivity contribution in [2.75, 3.05) is 13.1 Å². The summed E-state index contributed by atoms with van der Waals surface area (Å²) in [5.74, 6) is 0. The topological polar surface area (TPSA) is 24.7 Å². The molecule has 6 aromatic rings. The molecule has 6 rings (SSSR count). The Morgan fingerprint density at radius 2 is 0.652 bits per heavy atom. The van der Waals surface area contributed by atoms with Gasteiger partial charge in [-0.2, -0.15) is 0 Å². The van der Waals surface area contributed by atoms with Crippen molar-refractivity contribution < 1.29 is 17.3 Å². The van der Waals surface area contributed by atoms with E-state index in [9.17, 15) is 0 Å². The predicted octanol–water partition coefficient (Wildman–Crippen LogP) is 6.62. The molecule has 6 aromatic carbocycles. The van der Waals surface area contributed by atoms with Crippen LogP contribution in [0.3, 0.4) is 0 Å². The Balaban J connectivity index is 0.00000204. The van der Waals surface area contributed by atoms with E-state index in [4.69, 9.17) is 9.98 Å². The Morgan fingerprint density at radius 3 is 0.957 bits per heavy atom. The van der Waals surface area contributed by atoms with Crippen LogP contribution in [0.15, 0.2) is 180 Å². The van der Waals surface area contributed by atoms with Gasteiger partial charge >= 0.3 is 27.0 Å². The van der Waals surface area contributed by atoms with Gasteiger partial charge in [-0.05, 0) is 72.8 Å². The van der Waals surface area contributed by atoms with Crippen LogP contribution in [0, 0.1) is 0 Å². The van der Waals surface area contributed by atoms with Crippen molar-refractivity contribution in [3.63, 3.8) is 0 Å². The fourth-order valence-corrected chi connectivity index (χ4v) is 10.9. The van der Waals surface area contributed by atoms with Crippen LogP contribution in [0.4, 0.5) is 0 Å². The van der Waals surface area contributed by atoms with Crippen molar-refractivity contribution in [1.29, 1.82) is 0 Å². The summed E-state index contributed by atoms with van der Waals surface area (Å²) < 4.78 is 0. The summed E-state index contributed by atoms with van der Waals surface area (Å²) in [4.78, 5) is 9.68. The average molecular weight is 744 g/mol. The van der Waals surface area contributed by atoms with Crippen LogP contribution in [0.2, 0.25) is 0 Å². The van der Waals surface area contributed by atoms with Gasteiger partial charge in [0.25, 0.3) is 0 Å². The molecule has 0 spiro atoms. The van der Waals surface area contributed by atoms with Crippen LogP contribution in [0.1, 0.15) is 11.1 Å². The number of benzene rings is 6. The molecule has 0 radical (unpaired) electrons. The van der Waals surface area contributed by atoms with E-state index in [1.807, 2.05) is 12.4 Å². The molecule has 0 fully saturated rings. The van der Waals surface area contributed by atoms with Crippen LogP contribution in [0.5, 0.6) is 0 Å². The Morgan fingerprint density at radius 1 is 0.391 bits per heavy atom. The van der Waals surface area contributed by atoms with Crippen LogP contribution in [-0.4, -0.2) is 25.5 Å². The molecule has 0 heterocycles. The number of rotatable bonds is 11. The molecule has 0 N–H and O–H groups in total. The molecule has 6 heteroatoms. The van der Waals surface area contributed by atoms with E-state index in [1.54, 1.807) is 17.3 Å². The summed E-state index contributed by atoms with van der Waals surface area (Å²) in [6, 6.07) is 60.9. The van der Waals surface area contributed by atoms with Gasteiger partial charge in [-0.25, -0.2) is 0 Å². The third-order valence-corrected chi connectivity index (χ3v) is 13.2. The molecule has 0 aromatic heterocycles.